The highest BCUT2D eigenvalue weighted by molar-refractivity contribution is 6.28. The molecule has 3 aliphatic rings. The highest BCUT2D eigenvalue weighted by Gasteiger charge is 2.33. The number of para-hydroxylation sites is 1. The van der Waals surface area contributed by atoms with Crippen LogP contribution in [-0.2, 0) is 14.3 Å². The van der Waals surface area contributed by atoms with Crippen LogP contribution in [0.1, 0.15) is 22.8 Å². The summed E-state index contributed by atoms with van der Waals surface area (Å²) in [6, 6.07) is 15.0. The Labute approximate surface area is 192 Å². The van der Waals surface area contributed by atoms with E-state index < -0.39 is 5.97 Å². The van der Waals surface area contributed by atoms with Crippen molar-refractivity contribution in [3.63, 3.8) is 0 Å². The summed E-state index contributed by atoms with van der Waals surface area (Å²) in [5.41, 5.74) is 3.05. The lowest BCUT2D eigenvalue weighted by atomic mass is 9.94. The number of ketones is 1. The molecular weight excluding hydrogens is 418 g/mol. The third-order valence-electron chi connectivity index (χ3n) is 5.70. The number of carbonyl (C=O) groups is 2. The Kier molecular flexibility index (Phi) is 5.67. The van der Waals surface area contributed by atoms with Crippen molar-refractivity contribution in [1.82, 2.24) is 0 Å². The van der Waals surface area contributed by atoms with E-state index in [-0.39, 0.29) is 17.1 Å². The van der Waals surface area contributed by atoms with Gasteiger partial charge in [0.15, 0.2) is 0 Å². The summed E-state index contributed by atoms with van der Waals surface area (Å²) in [4.78, 5) is 27.9. The van der Waals surface area contributed by atoms with Gasteiger partial charge in [-0.15, -0.1) is 0 Å². The van der Waals surface area contributed by atoms with Crippen molar-refractivity contribution < 1.29 is 23.8 Å². The average molecular weight is 441 g/mol. The van der Waals surface area contributed by atoms with Crippen molar-refractivity contribution in [2.75, 3.05) is 31.2 Å². The van der Waals surface area contributed by atoms with Gasteiger partial charge in [-0.3, -0.25) is 4.79 Å². The van der Waals surface area contributed by atoms with Gasteiger partial charge in [-0.1, -0.05) is 30.3 Å². The molecule has 0 aliphatic carbocycles. The van der Waals surface area contributed by atoms with Gasteiger partial charge in [-0.05, 0) is 60.6 Å². The van der Waals surface area contributed by atoms with Gasteiger partial charge in [-0.25, -0.2) is 4.79 Å². The van der Waals surface area contributed by atoms with E-state index in [1.54, 1.807) is 43.3 Å². The minimum atomic E-state index is -0.655. The minimum absolute atomic E-state index is 0.0112. The molecule has 0 unspecified atom stereocenters. The van der Waals surface area contributed by atoms with Crippen LogP contribution in [0, 0.1) is 0 Å². The second-order valence-corrected chi connectivity index (χ2v) is 7.97. The summed E-state index contributed by atoms with van der Waals surface area (Å²) >= 11 is 0. The van der Waals surface area contributed by atoms with Crippen molar-refractivity contribution in [1.29, 1.82) is 0 Å². The van der Waals surface area contributed by atoms with Gasteiger partial charge in [0.25, 0.3) is 0 Å². The zero-order chi connectivity index (χ0) is 22.8. The predicted molar refractivity (Wildman–Crippen MR) is 125 cm³/mol. The van der Waals surface area contributed by atoms with Gasteiger partial charge in [0.1, 0.15) is 22.8 Å². The molecule has 6 nitrogen and oxygen atoms in total. The van der Waals surface area contributed by atoms with Crippen LogP contribution in [-0.4, -0.2) is 38.1 Å². The number of esters is 1. The molecule has 1 saturated heterocycles. The maximum atomic E-state index is 13.0. The first kappa shape index (κ1) is 21.0. The largest absolute Gasteiger partial charge is 0.462 e. The van der Waals surface area contributed by atoms with E-state index in [1.165, 1.54) is 5.69 Å². The summed E-state index contributed by atoms with van der Waals surface area (Å²) in [5.74, 6) is 0.407. The molecule has 6 heteroatoms. The fraction of sp³-hybridized carbons (Fsp3) is 0.185. The van der Waals surface area contributed by atoms with Crippen molar-refractivity contribution in [2.24, 2.45) is 0 Å². The Morgan fingerprint density at radius 1 is 0.879 bits per heavy atom. The van der Waals surface area contributed by atoms with Gasteiger partial charge >= 0.3 is 5.97 Å². The molecule has 2 aromatic rings. The summed E-state index contributed by atoms with van der Waals surface area (Å²) in [6.07, 6.45) is 7.13. The quantitative estimate of drug-likeness (QED) is 0.303. The van der Waals surface area contributed by atoms with Crippen molar-refractivity contribution in [3.8, 4) is 5.75 Å². The number of benzene rings is 2. The number of Topliss-reactive ketones (excluding diaryl/α,β-unsaturated/α-hetero) is 1. The zero-order valence-corrected chi connectivity index (χ0v) is 18.2. The number of carbonyl (C=O) groups excluding carboxylic acids is 2. The van der Waals surface area contributed by atoms with Crippen molar-refractivity contribution in [3.05, 3.63) is 101 Å². The van der Waals surface area contributed by atoms with Gasteiger partial charge < -0.3 is 19.1 Å². The number of fused-ring (bicyclic) bond motifs is 1. The maximum absolute atomic E-state index is 13.0. The molecule has 2 aromatic carbocycles. The van der Waals surface area contributed by atoms with Crippen LogP contribution in [0.5, 0.6) is 5.75 Å². The first-order chi connectivity index (χ1) is 16.1. The molecule has 0 saturated carbocycles. The van der Waals surface area contributed by atoms with E-state index in [2.05, 4.69) is 17.0 Å². The van der Waals surface area contributed by atoms with E-state index in [9.17, 15) is 9.59 Å². The van der Waals surface area contributed by atoms with E-state index >= 15 is 0 Å². The monoisotopic (exact) mass is 441 g/mol. The Bertz CT molecular complexity index is 1230. The first-order valence-corrected chi connectivity index (χ1v) is 10.9. The van der Waals surface area contributed by atoms with Crippen LogP contribution in [0.2, 0.25) is 0 Å². The normalized spacial score (nSPS) is 20.7. The fourth-order valence-electron chi connectivity index (χ4n) is 4.05. The van der Waals surface area contributed by atoms with Gasteiger partial charge in [0.05, 0.1) is 18.8 Å². The second kappa shape index (κ2) is 8.92. The van der Waals surface area contributed by atoms with Crippen molar-refractivity contribution in [2.45, 2.75) is 6.92 Å². The Balaban J connectivity index is 1.39. The SMILES string of the molecule is CC1=C/C(=C2\C(=O)Oc3ccccc3C2=O)C=C(C=Cc2ccc(N3CCOCC3)cc2)O1. The molecule has 5 rings (SSSR count). The standard InChI is InChI=1S/C27H23NO5/c1-18-16-20(25-26(29)23-4-2-3-5-24(23)33-27(25)30)17-22(32-18)11-8-19-6-9-21(10-7-19)28-12-14-31-15-13-28/h2-11,16-17H,12-15H2,1H3/b11-8?,25-20+. The third kappa shape index (κ3) is 4.38. The molecule has 0 atom stereocenters. The lowest BCUT2D eigenvalue weighted by Crippen LogP contribution is -2.36. The van der Waals surface area contributed by atoms with Crippen LogP contribution < -0.4 is 9.64 Å². The molecule has 0 amide bonds. The minimum Gasteiger partial charge on any atom is -0.462 e. The Hall–Kier alpha value is -3.90. The zero-order valence-electron chi connectivity index (χ0n) is 18.2. The van der Waals surface area contributed by atoms with Crippen LogP contribution in [0.4, 0.5) is 5.69 Å². The van der Waals surface area contributed by atoms with Crippen LogP contribution in [0.15, 0.2) is 89.4 Å². The number of hydrogen-bond acceptors (Lipinski definition) is 6. The molecule has 0 N–H and O–H groups in total. The Morgan fingerprint density at radius 2 is 1.64 bits per heavy atom. The topological polar surface area (TPSA) is 65.1 Å². The highest BCUT2D eigenvalue weighted by Crippen LogP contribution is 2.32. The van der Waals surface area contributed by atoms with Gasteiger partial charge in [0.2, 0.25) is 5.78 Å². The van der Waals surface area contributed by atoms with E-state index in [0.717, 1.165) is 31.9 Å². The second-order valence-electron chi connectivity index (χ2n) is 7.97. The maximum Gasteiger partial charge on any atom is 0.348 e. The smallest absolute Gasteiger partial charge is 0.348 e. The summed E-state index contributed by atoms with van der Waals surface area (Å²) in [6.45, 7) is 5.07. The molecule has 0 spiro atoms. The fourth-order valence-corrected chi connectivity index (χ4v) is 4.05. The molecule has 166 valence electrons. The molecule has 1 fully saturated rings. The van der Waals surface area contributed by atoms with E-state index in [1.807, 2.05) is 24.3 Å². The molecule has 3 aliphatic heterocycles. The van der Waals surface area contributed by atoms with Crippen LogP contribution in [0.25, 0.3) is 6.08 Å². The number of nitrogens with zero attached hydrogens (tertiary/aromatic N) is 1. The van der Waals surface area contributed by atoms with Crippen molar-refractivity contribution >= 4 is 23.5 Å². The Morgan fingerprint density at radius 3 is 2.42 bits per heavy atom. The van der Waals surface area contributed by atoms with Gasteiger partial charge in [0, 0.05) is 18.8 Å². The summed E-state index contributed by atoms with van der Waals surface area (Å²) < 4.78 is 16.6. The molecule has 0 bridgehead atoms. The first-order valence-electron chi connectivity index (χ1n) is 10.9. The third-order valence-corrected chi connectivity index (χ3v) is 5.70. The number of morpholine rings is 1. The highest BCUT2D eigenvalue weighted by atomic mass is 16.5. The lowest BCUT2D eigenvalue weighted by molar-refractivity contribution is -0.130. The summed E-state index contributed by atoms with van der Waals surface area (Å²) in [7, 11) is 0. The predicted octanol–water partition coefficient (Wildman–Crippen LogP) is 4.45. The molecule has 0 aromatic heterocycles. The van der Waals surface area contributed by atoms with Crippen LogP contribution in [0.3, 0.4) is 0 Å². The van der Waals surface area contributed by atoms with E-state index in [0.29, 0.717) is 22.7 Å². The molecular formula is C27H23NO5. The van der Waals surface area contributed by atoms with E-state index in [4.69, 9.17) is 14.2 Å². The molecule has 33 heavy (non-hydrogen) atoms. The number of ether oxygens (including phenoxy) is 3. The average Bonchev–Trinajstić information content (AvgIpc) is 2.83. The number of hydrogen-bond donors (Lipinski definition) is 0. The number of rotatable bonds is 3. The lowest BCUT2D eigenvalue weighted by Gasteiger charge is -2.28. The van der Waals surface area contributed by atoms with Gasteiger partial charge in [-0.2, -0.15) is 0 Å². The van der Waals surface area contributed by atoms with Crippen LogP contribution >= 0.6 is 0 Å². The summed E-state index contributed by atoms with van der Waals surface area (Å²) in [5, 5.41) is 0. The number of anilines is 1. The molecule has 0 radical (unpaired) electrons. The molecule has 3 heterocycles. The number of allylic oxidation sites excluding steroid dienone is 5.